The zero-order valence-corrected chi connectivity index (χ0v) is 28.1. The number of rotatable bonds is 12. The first-order valence-electron chi connectivity index (χ1n) is 16.2. The van der Waals surface area contributed by atoms with E-state index in [2.05, 4.69) is 5.32 Å². The van der Waals surface area contributed by atoms with Crippen molar-refractivity contribution in [3.8, 4) is 11.5 Å². The molecule has 0 aromatic heterocycles. The Morgan fingerprint density at radius 2 is 1.43 bits per heavy atom. The molecule has 4 aromatic rings. The average Bonchev–Trinajstić information content (AvgIpc) is 3.08. The van der Waals surface area contributed by atoms with E-state index in [4.69, 9.17) is 4.74 Å². The van der Waals surface area contributed by atoms with Gasteiger partial charge < -0.3 is 15.0 Å². The number of aryl methyl sites for hydroxylation is 2. The number of sulfonamides is 1. The Hall–Kier alpha value is -4.63. The van der Waals surface area contributed by atoms with Crippen LogP contribution in [0, 0.1) is 13.8 Å². The molecular formula is C38H43N3O5S. The Labute approximate surface area is 278 Å². The van der Waals surface area contributed by atoms with Gasteiger partial charge in [-0.25, -0.2) is 8.42 Å². The molecule has 1 aliphatic rings. The lowest BCUT2D eigenvalue weighted by Gasteiger charge is -2.33. The van der Waals surface area contributed by atoms with Gasteiger partial charge in [0, 0.05) is 12.6 Å². The van der Waals surface area contributed by atoms with Crippen LogP contribution in [-0.2, 0) is 26.2 Å². The van der Waals surface area contributed by atoms with Crippen LogP contribution >= 0.6 is 0 Å². The third-order valence-corrected chi connectivity index (χ3v) is 10.5. The zero-order valence-electron chi connectivity index (χ0n) is 27.3. The van der Waals surface area contributed by atoms with E-state index in [0.29, 0.717) is 17.2 Å². The smallest absolute Gasteiger partial charge is 0.264 e. The molecule has 0 saturated heterocycles. The first-order chi connectivity index (χ1) is 22.6. The molecule has 0 spiro atoms. The minimum atomic E-state index is -4.18. The van der Waals surface area contributed by atoms with Gasteiger partial charge in [0.15, 0.2) is 0 Å². The molecule has 246 valence electrons. The van der Waals surface area contributed by atoms with Gasteiger partial charge in [0.25, 0.3) is 10.0 Å². The average molecular weight is 654 g/mol. The van der Waals surface area contributed by atoms with Gasteiger partial charge in [-0.2, -0.15) is 0 Å². The quantitative estimate of drug-likeness (QED) is 0.175. The van der Waals surface area contributed by atoms with Crippen molar-refractivity contribution in [2.24, 2.45) is 0 Å². The van der Waals surface area contributed by atoms with Crippen LogP contribution in [0.3, 0.4) is 0 Å². The van der Waals surface area contributed by atoms with E-state index >= 15 is 0 Å². The third-order valence-electron chi connectivity index (χ3n) is 8.71. The van der Waals surface area contributed by atoms with E-state index in [1.807, 2.05) is 68.4 Å². The summed E-state index contributed by atoms with van der Waals surface area (Å²) in [6, 6.07) is 29.4. The fourth-order valence-electron chi connectivity index (χ4n) is 5.79. The minimum Gasteiger partial charge on any atom is -0.457 e. The molecule has 0 bridgehead atoms. The summed E-state index contributed by atoms with van der Waals surface area (Å²) in [5.74, 6) is 0.439. The Morgan fingerprint density at radius 1 is 0.809 bits per heavy atom. The second-order valence-electron chi connectivity index (χ2n) is 12.2. The summed E-state index contributed by atoms with van der Waals surface area (Å²) >= 11 is 0. The number of hydrogen-bond acceptors (Lipinski definition) is 5. The highest BCUT2D eigenvalue weighted by atomic mass is 32.2. The summed E-state index contributed by atoms with van der Waals surface area (Å²) in [4.78, 5) is 29.5. The number of benzene rings is 4. The predicted molar refractivity (Wildman–Crippen MR) is 185 cm³/mol. The van der Waals surface area contributed by atoms with Crippen molar-refractivity contribution < 1.29 is 22.7 Å². The molecule has 2 amide bonds. The highest BCUT2D eigenvalue weighted by Gasteiger charge is 2.33. The molecule has 0 unspecified atom stereocenters. The van der Waals surface area contributed by atoms with Crippen LogP contribution in [0.4, 0.5) is 5.69 Å². The summed E-state index contributed by atoms with van der Waals surface area (Å²) in [6.07, 6.45) is 5.11. The van der Waals surface area contributed by atoms with E-state index in [1.54, 1.807) is 55.5 Å². The van der Waals surface area contributed by atoms with Crippen LogP contribution in [0.5, 0.6) is 11.5 Å². The molecule has 0 heterocycles. The molecule has 4 aromatic carbocycles. The van der Waals surface area contributed by atoms with E-state index in [-0.39, 0.29) is 23.4 Å². The van der Waals surface area contributed by atoms with Crippen LogP contribution < -0.4 is 14.4 Å². The fourth-order valence-corrected chi connectivity index (χ4v) is 7.21. The Balaban J connectivity index is 1.47. The van der Waals surface area contributed by atoms with Gasteiger partial charge in [-0.3, -0.25) is 13.9 Å². The van der Waals surface area contributed by atoms with Crippen LogP contribution in [0.15, 0.2) is 108 Å². The summed E-state index contributed by atoms with van der Waals surface area (Å²) in [5.41, 5.74) is 3.07. The number of carbonyl (C=O) groups is 2. The lowest BCUT2D eigenvalue weighted by molar-refractivity contribution is -0.139. The number of carbonyl (C=O) groups excluding carboxylic acids is 2. The van der Waals surface area contributed by atoms with Crippen molar-refractivity contribution in [2.45, 2.75) is 76.4 Å². The lowest BCUT2D eigenvalue weighted by Crippen LogP contribution is -2.53. The number of anilines is 1. The molecule has 8 nitrogen and oxygen atoms in total. The molecule has 1 N–H and O–H groups in total. The second-order valence-corrected chi connectivity index (χ2v) is 14.1. The summed E-state index contributed by atoms with van der Waals surface area (Å²) in [6.45, 7) is 5.21. The SMILES string of the molecule is Cc1ccc(S(=O)(=O)N(CC(=O)N(Cc2ccccc2C)[C@H](C)C(=O)NC2CCCCC2)c2ccc(Oc3ccccc3)cc2)cc1. The first kappa shape index (κ1) is 33.7. The van der Waals surface area contributed by atoms with Crippen molar-refractivity contribution in [3.05, 3.63) is 120 Å². The molecule has 1 saturated carbocycles. The number of hydrogen-bond donors (Lipinski definition) is 1. The Bertz CT molecular complexity index is 1750. The lowest BCUT2D eigenvalue weighted by atomic mass is 9.95. The highest BCUT2D eigenvalue weighted by Crippen LogP contribution is 2.29. The van der Waals surface area contributed by atoms with Crippen LogP contribution in [0.25, 0.3) is 0 Å². The normalized spacial score (nSPS) is 14.2. The topological polar surface area (TPSA) is 96.0 Å². The maximum absolute atomic E-state index is 14.3. The maximum atomic E-state index is 14.3. The van der Waals surface area contributed by atoms with E-state index in [9.17, 15) is 18.0 Å². The van der Waals surface area contributed by atoms with Crippen molar-refractivity contribution in [1.29, 1.82) is 0 Å². The van der Waals surface area contributed by atoms with Crippen molar-refractivity contribution in [3.63, 3.8) is 0 Å². The maximum Gasteiger partial charge on any atom is 0.264 e. The molecule has 1 atom stereocenters. The van der Waals surface area contributed by atoms with Crippen molar-refractivity contribution in [1.82, 2.24) is 10.2 Å². The number of nitrogens with zero attached hydrogens (tertiary/aromatic N) is 2. The van der Waals surface area contributed by atoms with Gasteiger partial charge in [-0.1, -0.05) is 79.4 Å². The Kier molecular flexibility index (Phi) is 11.0. The molecule has 0 radical (unpaired) electrons. The van der Waals surface area contributed by atoms with Gasteiger partial charge in [0.1, 0.15) is 24.1 Å². The minimum absolute atomic E-state index is 0.0639. The molecule has 47 heavy (non-hydrogen) atoms. The van der Waals surface area contributed by atoms with Crippen LogP contribution in [-0.4, -0.2) is 43.8 Å². The summed E-state index contributed by atoms with van der Waals surface area (Å²) < 4.78 is 35.4. The second kappa shape index (κ2) is 15.3. The fraction of sp³-hybridized carbons (Fsp3) is 0.316. The standard InChI is InChI=1S/C38H43N3O5S/c1-28-18-24-36(25-19-28)47(44,45)41(33-20-22-35(23-21-33)46-34-16-8-5-9-17-34)27-37(42)40(26-31-13-11-10-12-29(31)2)30(3)38(43)39-32-14-6-4-7-15-32/h5,8-13,16-25,30,32H,4,6-7,14-15,26-27H2,1-3H3,(H,39,43)/t30-/m1/s1. The number of ether oxygens (including phenoxy) is 1. The first-order valence-corrected chi connectivity index (χ1v) is 17.6. The number of para-hydroxylation sites is 1. The van der Waals surface area contributed by atoms with Gasteiger partial charge in [0.05, 0.1) is 10.6 Å². The Morgan fingerprint density at radius 3 is 2.09 bits per heavy atom. The summed E-state index contributed by atoms with van der Waals surface area (Å²) in [7, 11) is -4.18. The molecule has 0 aliphatic heterocycles. The van der Waals surface area contributed by atoms with Crippen LogP contribution in [0.2, 0.25) is 0 Å². The van der Waals surface area contributed by atoms with Crippen LogP contribution in [0.1, 0.15) is 55.7 Å². The van der Waals surface area contributed by atoms with Gasteiger partial charge >= 0.3 is 0 Å². The van der Waals surface area contributed by atoms with Gasteiger partial charge in [0.2, 0.25) is 11.8 Å². The summed E-state index contributed by atoms with van der Waals surface area (Å²) in [5, 5.41) is 3.15. The van der Waals surface area contributed by atoms with Crippen molar-refractivity contribution >= 4 is 27.5 Å². The zero-order chi connectivity index (χ0) is 33.4. The predicted octanol–water partition coefficient (Wildman–Crippen LogP) is 7.16. The molecule has 5 rings (SSSR count). The highest BCUT2D eigenvalue weighted by molar-refractivity contribution is 7.92. The molecule has 9 heteroatoms. The van der Waals surface area contributed by atoms with E-state index in [0.717, 1.165) is 53.1 Å². The molecular weight excluding hydrogens is 611 g/mol. The molecule has 1 aliphatic carbocycles. The molecule has 1 fully saturated rings. The third kappa shape index (κ3) is 8.60. The van der Waals surface area contributed by atoms with Gasteiger partial charge in [-0.15, -0.1) is 0 Å². The van der Waals surface area contributed by atoms with E-state index in [1.165, 1.54) is 4.90 Å². The monoisotopic (exact) mass is 653 g/mol. The van der Waals surface area contributed by atoms with E-state index < -0.39 is 28.5 Å². The van der Waals surface area contributed by atoms with Crippen molar-refractivity contribution in [2.75, 3.05) is 10.8 Å². The number of nitrogens with one attached hydrogen (secondary N) is 1. The number of amides is 2. The van der Waals surface area contributed by atoms with Gasteiger partial charge in [-0.05, 0) is 93.3 Å². The largest absolute Gasteiger partial charge is 0.457 e.